The number of hydrogen-bond donors (Lipinski definition) is 1. The average molecular weight is 427 g/mol. The summed E-state index contributed by atoms with van der Waals surface area (Å²) >= 11 is 1.25. The number of anilines is 1. The van der Waals surface area contributed by atoms with Gasteiger partial charge in [-0.1, -0.05) is 35.6 Å². The number of aromatic nitrogens is 3. The van der Waals surface area contributed by atoms with Crippen LogP contribution in [0.25, 0.3) is 10.3 Å². The van der Waals surface area contributed by atoms with Gasteiger partial charge in [0.1, 0.15) is 6.33 Å². The van der Waals surface area contributed by atoms with Crippen molar-refractivity contribution in [3.8, 4) is 5.88 Å². The van der Waals surface area contributed by atoms with Crippen molar-refractivity contribution in [1.82, 2.24) is 24.9 Å². The Balaban J connectivity index is 1.13. The first-order valence-corrected chi connectivity index (χ1v) is 10.7. The van der Waals surface area contributed by atoms with E-state index in [9.17, 15) is 4.79 Å². The van der Waals surface area contributed by atoms with Crippen molar-refractivity contribution in [2.75, 3.05) is 25.5 Å². The summed E-state index contributed by atoms with van der Waals surface area (Å²) < 4.78 is 5.18. The van der Waals surface area contributed by atoms with Gasteiger partial charge in [-0.25, -0.2) is 14.8 Å². The number of benzene rings is 1. The Morgan fingerprint density at radius 3 is 2.60 bits per heavy atom. The Labute approximate surface area is 177 Å². The average Bonchev–Trinajstić information content (AvgIpc) is 3.37. The zero-order chi connectivity index (χ0) is 20.5. The molecule has 0 spiro atoms. The number of piperidine rings is 1. The lowest BCUT2D eigenvalue weighted by molar-refractivity contribution is -0.117. The molecule has 10 heteroatoms. The summed E-state index contributed by atoms with van der Waals surface area (Å²) in [5.74, 6) is 0.379. The second-order valence-corrected chi connectivity index (χ2v) is 8.37. The fraction of sp³-hybridized carbons (Fsp3) is 0.400. The molecule has 0 aliphatic carbocycles. The van der Waals surface area contributed by atoms with Gasteiger partial charge in [0.2, 0.25) is 5.88 Å². The van der Waals surface area contributed by atoms with E-state index in [0.29, 0.717) is 40.5 Å². The van der Waals surface area contributed by atoms with E-state index < -0.39 is 6.09 Å². The highest BCUT2D eigenvalue weighted by Gasteiger charge is 2.30. The number of fused-ring (bicyclic) bond motifs is 2. The third-order valence-electron chi connectivity index (χ3n) is 5.58. The quantitative estimate of drug-likeness (QED) is 0.681. The Bertz CT molecular complexity index is 1040. The van der Waals surface area contributed by atoms with Crippen LogP contribution < -0.4 is 10.1 Å². The molecule has 1 amide bonds. The van der Waals surface area contributed by atoms with Crippen molar-refractivity contribution in [2.24, 2.45) is 0 Å². The molecule has 0 saturated carbocycles. The first kappa shape index (κ1) is 19.2. The molecule has 0 atom stereocenters. The van der Waals surface area contributed by atoms with E-state index in [1.807, 2.05) is 0 Å². The summed E-state index contributed by atoms with van der Waals surface area (Å²) in [6.45, 7) is 3.44. The number of carbonyl (C=O) groups excluding carboxylic acids is 1. The van der Waals surface area contributed by atoms with Gasteiger partial charge in [0.25, 0.3) is 0 Å². The number of thiazole rings is 1. The molecule has 5 rings (SSSR count). The minimum absolute atomic E-state index is 0.379. The molecule has 2 aliphatic heterocycles. The highest BCUT2D eigenvalue weighted by Crippen LogP contribution is 2.30. The van der Waals surface area contributed by atoms with Crippen LogP contribution in [0.5, 0.6) is 5.88 Å². The topological polar surface area (TPSA) is 92.7 Å². The molecule has 9 nitrogen and oxygen atoms in total. The van der Waals surface area contributed by atoms with Crippen LogP contribution in [0.1, 0.15) is 24.0 Å². The van der Waals surface area contributed by atoms with Gasteiger partial charge >= 0.3 is 6.09 Å². The maximum atomic E-state index is 12.3. The fourth-order valence-electron chi connectivity index (χ4n) is 4.08. The van der Waals surface area contributed by atoms with Gasteiger partial charge in [-0.05, 0) is 24.0 Å². The molecule has 156 valence electrons. The lowest BCUT2D eigenvalue weighted by atomic mass is 10.1. The number of amides is 1. The summed E-state index contributed by atoms with van der Waals surface area (Å²) in [6, 6.07) is 9.13. The monoisotopic (exact) mass is 426 g/mol. The highest BCUT2D eigenvalue weighted by molar-refractivity contribution is 7.22. The zero-order valence-corrected chi connectivity index (χ0v) is 17.4. The normalized spacial score (nSPS) is 17.8. The number of nitrogens with one attached hydrogen (secondary N) is 1. The minimum Gasteiger partial charge on any atom is -0.479 e. The molecular formula is C20H22N6O3S. The molecule has 0 bridgehead atoms. The number of carbonyl (C=O) groups is 1. The van der Waals surface area contributed by atoms with E-state index >= 15 is 0 Å². The Hall–Kier alpha value is -2.82. The number of nitrogens with zero attached hydrogens (tertiary/aromatic N) is 5. The van der Waals surface area contributed by atoms with E-state index in [0.717, 1.165) is 25.9 Å². The van der Waals surface area contributed by atoms with Crippen LogP contribution in [0.3, 0.4) is 0 Å². The van der Waals surface area contributed by atoms with E-state index in [1.165, 1.54) is 35.9 Å². The van der Waals surface area contributed by atoms with Gasteiger partial charge in [-0.3, -0.25) is 10.2 Å². The number of rotatable bonds is 4. The van der Waals surface area contributed by atoms with Crippen LogP contribution in [-0.4, -0.2) is 57.2 Å². The molecule has 1 aromatic carbocycles. The molecule has 2 aromatic heterocycles. The molecular weight excluding hydrogens is 404 g/mol. The summed E-state index contributed by atoms with van der Waals surface area (Å²) in [6.07, 6.45) is 2.79. The fourth-order valence-corrected chi connectivity index (χ4v) is 4.86. The van der Waals surface area contributed by atoms with Crippen LogP contribution >= 0.6 is 11.3 Å². The minimum atomic E-state index is -0.548. The van der Waals surface area contributed by atoms with Crippen LogP contribution in [0.4, 0.5) is 9.93 Å². The van der Waals surface area contributed by atoms with E-state index in [-0.39, 0.29) is 0 Å². The van der Waals surface area contributed by atoms with Crippen LogP contribution in [-0.2, 0) is 17.9 Å². The van der Waals surface area contributed by atoms with E-state index in [1.54, 1.807) is 5.06 Å². The predicted molar refractivity (Wildman–Crippen MR) is 112 cm³/mol. The Morgan fingerprint density at radius 1 is 1.17 bits per heavy atom. The number of hydroxylamine groups is 2. The van der Waals surface area contributed by atoms with Gasteiger partial charge in [0.05, 0.1) is 7.11 Å². The second-order valence-electron chi connectivity index (χ2n) is 7.39. The van der Waals surface area contributed by atoms with Crippen molar-refractivity contribution < 1.29 is 14.4 Å². The Morgan fingerprint density at radius 2 is 1.90 bits per heavy atom. The molecule has 2 aliphatic rings. The highest BCUT2D eigenvalue weighted by atomic mass is 32.1. The molecule has 1 saturated heterocycles. The molecule has 4 heterocycles. The van der Waals surface area contributed by atoms with Gasteiger partial charge in [0, 0.05) is 32.2 Å². The van der Waals surface area contributed by atoms with Gasteiger partial charge in [0.15, 0.2) is 15.5 Å². The smallest absolute Gasteiger partial charge is 0.432 e. The Kier molecular flexibility index (Phi) is 5.19. The lowest BCUT2D eigenvalue weighted by Crippen LogP contribution is -2.44. The molecule has 0 radical (unpaired) electrons. The molecule has 1 fully saturated rings. The zero-order valence-electron chi connectivity index (χ0n) is 16.6. The molecule has 30 heavy (non-hydrogen) atoms. The molecule has 1 N–H and O–H groups in total. The lowest BCUT2D eigenvalue weighted by Gasteiger charge is -2.35. The van der Waals surface area contributed by atoms with Crippen LogP contribution in [0, 0.1) is 0 Å². The number of ether oxygens (including phenoxy) is 1. The van der Waals surface area contributed by atoms with Crippen molar-refractivity contribution in [3.63, 3.8) is 0 Å². The van der Waals surface area contributed by atoms with E-state index in [4.69, 9.17) is 9.57 Å². The first-order chi connectivity index (χ1) is 14.7. The number of hydrogen-bond acceptors (Lipinski definition) is 9. The maximum absolute atomic E-state index is 12.3. The summed E-state index contributed by atoms with van der Waals surface area (Å²) in [5, 5.41) is 4.81. The largest absolute Gasteiger partial charge is 0.479 e. The van der Waals surface area contributed by atoms with Crippen molar-refractivity contribution in [3.05, 3.63) is 41.7 Å². The second kappa shape index (κ2) is 8.13. The van der Waals surface area contributed by atoms with Crippen molar-refractivity contribution >= 4 is 32.9 Å². The van der Waals surface area contributed by atoms with Gasteiger partial charge < -0.3 is 9.57 Å². The van der Waals surface area contributed by atoms with Gasteiger partial charge in [-0.15, -0.1) is 5.06 Å². The predicted octanol–water partition coefficient (Wildman–Crippen LogP) is 3.04. The van der Waals surface area contributed by atoms with E-state index in [2.05, 4.69) is 49.4 Å². The van der Waals surface area contributed by atoms with Crippen molar-refractivity contribution in [1.29, 1.82) is 0 Å². The van der Waals surface area contributed by atoms with Crippen LogP contribution in [0.2, 0.25) is 0 Å². The van der Waals surface area contributed by atoms with Crippen LogP contribution in [0.15, 0.2) is 30.6 Å². The molecule has 3 aromatic rings. The number of methoxy groups -OCH3 is 1. The summed E-state index contributed by atoms with van der Waals surface area (Å²) in [7, 11) is 1.52. The third-order valence-corrected chi connectivity index (χ3v) is 6.46. The summed E-state index contributed by atoms with van der Waals surface area (Å²) in [4.78, 5) is 33.5. The van der Waals surface area contributed by atoms with Crippen molar-refractivity contribution in [2.45, 2.75) is 32.0 Å². The summed E-state index contributed by atoms with van der Waals surface area (Å²) in [5.41, 5.74) is 3.37. The molecule has 0 unspecified atom stereocenters. The first-order valence-electron chi connectivity index (χ1n) is 9.90. The SMILES string of the molecule is COc1ncnc2sc(NC(=O)ON3CCC(N4Cc5ccccc5C4)CC3)nc12. The maximum Gasteiger partial charge on any atom is 0.432 e. The van der Waals surface area contributed by atoms with Gasteiger partial charge in [-0.2, -0.15) is 4.98 Å². The third kappa shape index (κ3) is 3.81. The standard InChI is InChI=1S/C20H22N6O3S/c1-28-17-16-18(22-12-21-17)30-19(23-16)24-20(27)29-26-8-6-15(7-9-26)25-10-13-4-2-3-5-14(13)11-25/h2-5,12,15H,6-11H2,1H3,(H,23,24,27).